The molecule has 0 saturated heterocycles. The van der Waals surface area contributed by atoms with Crippen molar-refractivity contribution in [2.45, 2.75) is 6.04 Å². The van der Waals surface area contributed by atoms with Crippen molar-refractivity contribution in [3.8, 4) is 0 Å². The number of sulfone groups is 1. The van der Waals surface area contributed by atoms with Crippen LogP contribution in [-0.4, -0.2) is 20.2 Å². The van der Waals surface area contributed by atoms with Gasteiger partial charge in [-0.25, -0.2) is 12.8 Å². The van der Waals surface area contributed by atoms with Crippen LogP contribution in [0.3, 0.4) is 0 Å². The molecule has 0 radical (unpaired) electrons. The zero-order chi connectivity index (χ0) is 11.8. The highest BCUT2D eigenvalue weighted by atomic mass is 32.2. The summed E-state index contributed by atoms with van der Waals surface area (Å²) in [4.78, 5) is 0. The number of nitrogen functional groups attached to an aromatic ring is 1. The molecule has 0 bridgehead atoms. The molecule has 1 atom stereocenters. The van der Waals surface area contributed by atoms with E-state index in [-0.39, 0.29) is 17.5 Å². The van der Waals surface area contributed by atoms with Crippen LogP contribution in [0, 0.1) is 5.82 Å². The predicted molar refractivity (Wildman–Crippen MR) is 61.1 cm³/mol. The van der Waals surface area contributed by atoms with E-state index >= 15 is 0 Å². The van der Waals surface area contributed by atoms with E-state index < -0.39 is 15.7 Å². The quantitative estimate of drug-likeness (QED) is 0.762. The third-order valence-electron chi connectivity index (χ3n) is 2.28. The van der Waals surface area contributed by atoms with Crippen molar-refractivity contribution in [1.29, 1.82) is 0 Å². The molecular formula is C10H11FN2O2S. The zero-order valence-corrected chi connectivity index (χ0v) is 9.17. The first kappa shape index (κ1) is 10.9. The van der Waals surface area contributed by atoms with Gasteiger partial charge in [-0.3, -0.25) is 0 Å². The lowest BCUT2D eigenvalue weighted by Gasteiger charge is -2.13. The standard InChI is InChI=1S/C10H11FN2O2S/c11-7-1-2-10(9(12)5-7)13-8-3-4-16(14,15)6-8/h1-5,8,13H,6,12H2. The maximum Gasteiger partial charge on any atom is 0.173 e. The topological polar surface area (TPSA) is 72.2 Å². The van der Waals surface area contributed by atoms with E-state index in [1.807, 2.05) is 0 Å². The van der Waals surface area contributed by atoms with E-state index in [2.05, 4.69) is 5.32 Å². The molecule has 0 amide bonds. The summed E-state index contributed by atoms with van der Waals surface area (Å²) in [6, 6.07) is 3.64. The molecule has 0 fully saturated rings. The molecule has 16 heavy (non-hydrogen) atoms. The van der Waals surface area contributed by atoms with Crippen molar-refractivity contribution >= 4 is 21.2 Å². The summed E-state index contributed by atoms with van der Waals surface area (Å²) in [5.74, 6) is -0.415. The minimum absolute atomic E-state index is 0.00379. The second-order valence-corrected chi connectivity index (χ2v) is 5.57. The first-order chi connectivity index (χ1) is 7.46. The van der Waals surface area contributed by atoms with Gasteiger partial charge in [-0.2, -0.15) is 0 Å². The van der Waals surface area contributed by atoms with Crippen LogP contribution in [0.15, 0.2) is 29.7 Å². The van der Waals surface area contributed by atoms with E-state index in [0.29, 0.717) is 5.69 Å². The highest BCUT2D eigenvalue weighted by Crippen LogP contribution is 2.22. The third kappa shape index (κ3) is 2.33. The number of nitrogens with one attached hydrogen (secondary N) is 1. The van der Waals surface area contributed by atoms with Crippen LogP contribution in [0.4, 0.5) is 15.8 Å². The molecule has 0 spiro atoms. The molecule has 0 aromatic heterocycles. The van der Waals surface area contributed by atoms with Crippen LogP contribution in [-0.2, 0) is 9.84 Å². The highest BCUT2D eigenvalue weighted by molar-refractivity contribution is 7.94. The number of benzene rings is 1. The van der Waals surface area contributed by atoms with Gasteiger partial charge >= 0.3 is 0 Å². The van der Waals surface area contributed by atoms with Gasteiger partial charge in [0.2, 0.25) is 0 Å². The van der Waals surface area contributed by atoms with Crippen molar-refractivity contribution < 1.29 is 12.8 Å². The Morgan fingerprint density at radius 1 is 1.44 bits per heavy atom. The predicted octanol–water partition coefficient (Wildman–Crippen LogP) is 1.13. The fourth-order valence-electron chi connectivity index (χ4n) is 1.53. The minimum atomic E-state index is -3.09. The Bertz CT molecular complexity index is 540. The fourth-order valence-corrected chi connectivity index (χ4v) is 2.77. The minimum Gasteiger partial charge on any atom is -0.397 e. The third-order valence-corrected chi connectivity index (χ3v) is 3.68. The van der Waals surface area contributed by atoms with Gasteiger partial charge in [0, 0.05) is 5.41 Å². The highest BCUT2D eigenvalue weighted by Gasteiger charge is 2.21. The molecule has 2 rings (SSSR count). The summed E-state index contributed by atoms with van der Waals surface area (Å²) < 4.78 is 35.1. The number of halogens is 1. The molecule has 1 unspecified atom stereocenters. The smallest absolute Gasteiger partial charge is 0.173 e. The van der Waals surface area contributed by atoms with Gasteiger partial charge in [0.25, 0.3) is 0 Å². The Kier molecular flexibility index (Phi) is 2.59. The van der Waals surface area contributed by atoms with E-state index in [4.69, 9.17) is 5.73 Å². The van der Waals surface area contributed by atoms with Crippen LogP contribution in [0.1, 0.15) is 0 Å². The van der Waals surface area contributed by atoms with Crippen molar-refractivity contribution in [2.75, 3.05) is 16.8 Å². The Morgan fingerprint density at radius 2 is 2.19 bits per heavy atom. The van der Waals surface area contributed by atoms with Crippen LogP contribution < -0.4 is 11.1 Å². The lowest BCUT2D eigenvalue weighted by Crippen LogP contribution is -2.21. The van der Waals surface area contributed by atoms with Crippen molar-refractivity contribution in [3.05, 3.63) is 35.5 Å². The number of anilines is 2. The van der Waals surface area contributed by atoms with E-state index in [1.54, 1.807) is 6.08 Å². The molecule has 0 aliphatic carbocycles. The molecular weight excluding hydrogens is 231 g/mol. The number of nitrogens with two attached hydrogens (primary N) is 1. The van der Waals surface area contributed by atoms with Crippen molar-refractivity contribution in [1.82, 2.24) is 0 Å². The summed E-state index contributed by atoms with van der Waals surface area (Å²) in [5, 5.41) is 4.11. The summed E-state index contributed by atoms with van der Waals surface area (Å²) in [6.07, 6.45) is 1.55. The van der Waals surface area contributed by atoms with Crippen molar-refractivity contribution in [3.63, 3.8) is 0 Å². The molecule has 1 aromatic rings. The summed E-state index contributed by atoms with van der Waals surface area (Å²) in [6.45, 7) is 0. The van der Waals surface area contributed by atoms with E-state index in [9.17, 15) is 12.8 Å². The maximum absolute atomic E-state index is 12.8. The van der Waals surface area contributed by atoms with Gasteiger partial charge in [0.05, 0.1) is 23.2 Å². The fraction of sp³-hybridized carbons (Fsp3) is 0.200. The average molecular weight is 242 g/mol. The molecule has 86 valence electrons. The monoisotopic (exact) mass is 242 g/mol. The first-order valence-electron chi connectivity index (χ1n) is 4.69. The van der Waals surface area contributed by atoms with Gasteiger partial charge in [-0.05, 0) is 18.2 Å². The molecule has 4 nitrogen and oxygen atoms in total. The molecule has 3 N–H and O–H groups in total. The molecule has 1 aromatic carbocycles. The molecule has 1 aliphatic rings. The van der Waals surface area contributed by atoms with Crippen LogP contribution in [0.25, 0.3) is 0 Å². The number of hydrogen-bond acceptors (Lipinski definition) is 4. The first-order valence-corrected chi connectivity index (χ1v) is 6.40. The second-order valence-electron chi connectivity index (χ2n) is 3.64. The van der Waals surface area contributed by atoms with E-state index in [0.717, 1.165) is 0 Å². The van der Waals surface area contributed by atoms with Gasteiger partial charge in [-0.1, -0.05) is 6.08 Å². The molecule has 6 heteroatoms. The van der Waals surface area contributed by atoms with Crippen molar-refractivity contribution in [2.24, 2.45) is 0 Å². The van der Waals surface area contributed by atoms with Gasteiger partial charge in [0.15, 0.2) is 9.84 Å². The second kappa shape index (κ2) is 3.79. The Morgan fingerprint density at radius 3 is 2.75 bits per heavy atom. The average Bonchev–Trinajstić information content (AvgIpc) is 2.51. The van der Waals surface area contributed by atoms with Crippen LogP contribution in [0.5, 0.6) is 0 Å². The largest absolute Gasteiger partial charge is 0.397 e. The molecule has 1 heterocycles. The number of hydrogen-bond donors (Lipinski definition) is 2. The summed E-state index contributed by atoms with van der Waals surface area (Å²) in [5.41, 5.74) is 6.39. The summed E-state index contributed by atoms with van der Waals surface area (Å²) in [7, 11) is -3.09. The van der Waals surface area contributed by atoms with Crippen LogP contribution >= 0.6 is 0 Å². The van der Waals surface area contributed by atoms with Gasteiger partial charge < -0.3 is 11.1 Å². The van der Waals surface area contributed by atoms with E-state index in [1.165, 1.54) is 23.6 Å². The zero-order valence-electron chi connectivity index (χ0n) is 8.35. The Balaban J connectivity index is 2.14. The SMILES string of the molecule is Nc1cc(F)ccc1NC1C=CS(=O)(=O)C1. The molecule has 1 aliphatic heterocycles. The van der Waals surface area contributed by atoms with Gasteiger partial charge in [0.1, 0.15) is 5.82 Å². The van der Waals surface area contributed by atoms with Gasteiger partial charge in [-0.15, -0.1) is 0 Å². The lowest BCUT2D eigenvalue weighted by molar-refractivity contribution is 0.605. The number of rotatable bonds is 2. The maximum atomic E-state index is 12.8. The Labute approximate surface area is 92.9 Å². The van der Waals surface area contributed by atoms with Crippen LogP contribution in [0.2, 0.25) is 0 Å². The molecule has 0 saturated carbocycles. The normalized spacial score (nSPS) is 22.2. The Hall–Kier alpha value is -1.56. The summed E-state index contributed by atoms with van der Waals surface area (Å²) >= 11 is 0. The lowest BCUT2D eigenvalue weighted by atomic mass is 10.2.